The largest absolute Gasteiger partial charge is 0.483 e. The van der Waals surface area contributed by atoms with Crippen LogP contribution in [0.25, 0.3) is 0 Å². The van der Waals surface area contributed by atoms with Crippen molar-refractivity contribution in [1.29, 1.82) is 0 Å². The number of hydrogen-bond acceptors (Lipinski definition) is 5. The summed E-state index contributed by atoms with van der Waals surface area (Å²) in [5.74, 6) is 0.188. The van der Waals surface area contributed by atoms with Gasteiger partial charge in [0.15, 0.2) is 5.84 Å². The molecule has 1 heterocycles. The van der Waals surface area contributed by atoms with Crippen LogP contribution in [0.3, 0.4) is 0 Å². The highest BCUT2D eigenvalue weighted by atomic mass is 32.1. The van der Waals surface area contributed by atoms with Gasteiger partial charge in [-0.05, 0) is 23.6 Å². The fourth-order valence-electron chi connectivity index (χ4n) is 1.47. The maximum atomic E-state index is 12.0. The van der Waals surface area contributed by atoms with Crippen molar-refractivity contribution in [2.24, 2.45) is 10.9 Å². The van der Waals surface area contributed by atoms with E-state index in [2.05, 4.69) is 10.5 Å². The van der Waals surface area contributed by atoms with E-state index in [0.717, 1.165) is 0 Å². The fraction of sp³-hybridized carbons (Fsp3) is 0.0769. The third-order valence-electron chi connectivity index (χ3n) is 2.38. The maximum Gasteiger partial charge on any atom is 0.265 e. The molecule has 6 nitrogen and oxygen atoms in total. The molecular weight excluding hydrogens is 278 g/mol. The van der Waals surface area contributed by atoms with Crippen LogP contribution in [-0.4, -0.2) is 23.6 Å². The average molecular weight is 291 g/mol. The Bertz CT molecular complexity index is 611. The number of oxime groups is 1. The molecule has 0 unspecified atom stereocenters. The summed E-state index contributed by atoms with van der Waals surface area (Å²) >= 11 is 1.35. The molecule has 0 radical (unpaired) electrons. The number of ether oxygens (including phenoxy) is 1. The lowest BCUT2D eigenvalue weighted by molar-refractivity contribution is 0.103. The van der Waals surface area contributed by atoms with Crippen LogP contribution in [0.15, 0.2) is 46.9 Å². The molecule has 0 fully saturated rings. The van der Waals surface area contributed by atoms with E-state index >= 15 is 0 Å². The molecule has 0 spiro atoms. The number of nitrogens with one attached hydrogen (secondary N) is 1. The number of nitrogens with two attached hydrogens (primary N) is 1. The zero-order valence-electron chi connectivity index (χ0n) is 10.4. The van der Waals surface area contributed by atoms with Crippen molar-refractivity contribution in [3.05, 3.63) is 46.7 Å². The van der Waals surface area contributed by atoms with Gasteiger partial charge in [0, 0.05) is 0 Å². The Morgan fingerprint density at radius 2 is 2.15 bits per heavy atom. The lowest BCUT2D eigenvalue weighted by Gasteiger charge is -2.11. The van der Waals surface area contributed by atoms with Gasteiger partial charge in [-0.1, -0.05) is 23.4 Å². The summed E-state index contributed by atoms with van der Waals surface area (Å²) in [7, 11) is 0. The normalized spacial score (nSPS) is 11.1. The highest BCUT2D eigenvalue weighted by Crippen LogP contribution is 2.24. The predicted octanol–water partition coefficient (Wildman–Crippen LogP) is 2.13. The minimum absolute atomic E-state index is 0.0515. The number of hydrogen-bond donors (Lipinski definition) is 3. The van der Waals surface area contributed by atoms with Crippen LogP contribution in [0, 0.1) is 0 Å². The zero-order chi connectivity index (χ0) is 14.4. The molecule has 7 heteroatoms. The second-order valence-electron chi connectivity index (χ2n) is 3.81. The van der Waals surface area contributed by atoms with Crippen LogP contribution in [-0.2, 0) is 0 Å². The van der Waals surface area contributed by atoms with E-state index in [1.807, 2.05) is 5.38 Å². The smallest absolute Gasteiger partial charge is 0.265 e. The van der Waals surface area contributed by atoms with E-state index in [4.69, 9.17) is 15.7 Å². The van der Waals surface area contributed by atoms with Gasteiger partial charge in [0.25, 0.3) is 5.91 Å². The van der Waals surface area contributed by atoms with Gasteiger partial charge in [0.1, 0.15) is 12.4 Å². The number of benzene rings is 1. The van der Waals surface area contributed by atoms with E-state index in [0.29, 0.717) is 16.3 Å². The molecule has 1 amide bonds. The summed E-state index contributed by atoms with van der Waals surface area (Å²) in [5.41, 5.74) is 5.86. The van der Waals surface area contributed by atoms with E-state index in [1.54, 1.807) is 36.4 Å². The molecule has 0 aliphatic heterocycles. The number of amides is 1. The molecule has 0 aliphatic rings. The summed E-state index contributed by atoms with van der Waals surface area (Å²) in [6, 6.07) is 10.5. The molecule has 0 atom stereocenters. The van der Waals surface area contributed by atoms with E-state index in [-0.39, 0.29) is 18.3 Å². The van der Waals surface area contributed by atoms with Gasteiger partial charge in [-0.15, -0.1) is 11.3 Å². The summed E-state index contributed by atoms with van der Waals surface area (Å²) in [6.45, 7) is -0.0671. The van der Waals surface area contributed by atoms with E-state index in [9.17, 15) is 4.79 Å². The Hall–Kier alpha value is -2.54. The Morgan fingerprint density at radius 3 is 2.85 bits per heavy atom. The molecule has 0 saturated carbocycles. The Labute approximate surface area is 119 Å². The second-order valence-corrected chi connectivity index (χ2v) is 4.76. The van der Waals surface area contributed by atoms with Crippen LogP contribution in [0.2, 0.25) is 0 Å². The number of nitrogens with zero attached hydrogens (tertiary/aromatic N) is 1. The number of carbonyl (C=O) groups is 1. The van der Waals surface area contributed by atoms with Crippen LogP contribution in [0.1, 0.15) is 9.67 Å². The minimum atomic E-state index is -0.208. The molecule has 0 saturated heterocycles. The van der Waals surface area contributed by atoms with Crippen molar-refractivity contribution in [2.75, 3.05) is 11.9 Å². The topological polar surface area (TPSA) is 96.9 Å². The van der Waals surface area contributed by atoms with Gasteiger partial charge < -0.3 is 21.0 Å². The fourth-order valence-corrected chi connectivity index (χ4v) is 2.09. The molecule has 0 aliphatic carbocycles. The number of anilines is 1. The monoisotopic (exact) mass is 291 g/mol. The van der Waals surface area contributed by atoms with Crippen LogP contribution in [0.5, 0.6) is 5.75 Å². The number of rotatable bonds is 5. The van der Waals surface area contributed by atoms with Crippen molar-refractivity contribution >= 4 is 28.8 Å². The van der Waals surface area contributed by atoms with Crippen LogP contribution < -0.4 is 15.8 Å². The highest BCUT2D eigenvalue weighted by Gasteiger charge is 2.10. The molecular formula is C13H13N3O3S. The molecule has 1 aromatic carbocycles. The Morgan fingerprint density at radius 1 is 1.35 bits per heavy atom. The minimum Gasteiger partial charge on any atom is -0.483 e. The van der Waals surface area contributed by atoms with Gasteiger partial charge in [-0.3, -0.25) is 4.79 Å². The third kappa shape index (κ3) is 3.48. The number of thiophene rings is 1. The summed E-state index contributed by atoms with van der Waals surface area (Å²) in [6.07, 6.45) is 0. The highest BCUT2D eigenvalue weighted by molar-refractivity contribution is 7.12. The van der Waals surface area contributed by atoms with Crippen molar-refractivity contribution in [1.82, 2.24) is 0 Å². The first kappa shape index (κ1) is 13.9. The van der Waals surface area contributed by atoms with Crippen molar-refractivity contribution < 1.29 is 14.7 Å². The SMILES string of the molecule is N/C(COc1ccccc1NC(=O)c1cccs1)=N\O. The van der Waals surface area contributed by atoms with Gasteiger partial charge in [0.05, 0.1) is 10.6 Å². The molecule has 2 rings (SSSR count). The second kappa shape index (κ2) is 6.58. The van der Waals surface area contributed by atoms with Crippen LogP contribution in [0.4, 0.5) is 5.69 Å². The first-order valence-electron chi connectivity index (χ1n) is 5.74. The number of carbonyl (C=O) groups excluding carboxylic acids is 1. The molecule has 4 N–H and O–H groups in total. The quantitative estimate of drug-likeness (QED) is 0.340. The third-order valence-corrected chi connectivity index (χ3v) is 3.25. The lowest BCUT2D eigenvalue weighted by Crippen LogP contribution is -2.21. The lowest BCUT2D eigenvalue weighted by atomic mass is 10.3. The van der Waals surface area contributed by atoms with Crippen molar-refractivity contribution in [3.8, 4) is 5.75 Å². The van der Waals surface area contributed by atoms with Gasteiger partial charge in [0.2, 0.25) is 0 Å². The number of para-hydroxylation sites is 2. The first-order chi connectivity index (χ1) is 9.70. The van der Waals surface area contributed by atoms with Crippen molar-refractivity contribution in [3.63, 3.8) is 0 Å². The average Bonchev–Trinajstić information content (AvgIpc) is 3.00. The molecule has 104 valence electrons. The first-order valence-corrected chi connectivity index (χ1v) is 6.61. The standard InChI is InChI=1S/C13H13N3O3S/c14-12(16-18)8-19-10-5-2-1-4-9(10)15-13(17)11-6-3-7-20-11/h1-7,18H,8H2,(H2,14,16)(H,15,17). The molecule has 0 bridgehead atoms. The summed E-state index contributed by atoms with van der Waals surface area (Å²) in [5, 5.41) is 15.9. The van der Waals surface area contributed by atoms with E-state index in [1.165, 1.54) is 11.3 Å². The molecule has 2 aromatic rings. The van der Waals surface area contributed by atoms with Gasteiger partial charge in [-0.2, -0.15) is 0 Å². The summed E-state index contributed by atoms with van der Waals surface area (Å²) < 4.78 is 5.38. The Kier molecular flexibility index (Phi) is 4.56. The van der Waals surface area contributed by atoms with Crippen LogP contribution >= 0.6 is 11.3 Å². The summed E-state index contributed by atoms with van der Waals surface area (Å²) in [4.78, 5) is 12.6. The maximum absolute atomic E-state index is 12.0. The van der Waals surface area contributed by atoms with E-state index < -0.39 is 0 Å². The predicted molar refractivity (Wildman–Crippen MR) is 77.6 cm³/mol. The Balaban J connectivity index is 2.09. The molecule has 1 aromatic heterocycles. The van der Waals surface area contributed by atoms with Gasteiger partial charge in [-0.25, -0.2) is 0 Å². The number of amidine groups is 1. The van der Waals surface area contributed by atoms with Crippen molar-refractivity contribution in [2.45, 2.75) is 0 Å². The zero-order valence-corrected chi connectivity index (χ0v) is 11.3. The molecule has 20 heavy (non-hydrogen) atoms. The van der Waals surface area contributed by atoms with Gasteiger partial charge >= 0.3 is 0 Å².